The summed E-state index contributed by atoms with van der Waals surface area (Å²) in [5.74, 6) is -1.36. The lowest BCUT2D eigenvalue weighted by molar-refractivity contribution is -0.144. The Kier molecular flexibility index (Phi) is 4.80. The van der Waals surface area contributed by atoms with Crippen molar-refractivity contribution in [1.29, 1.82) is 0 Å². The van der Waals surface area contributed by atoms with Crippen LogP contribution in [0.4, 0.5) is 0 Å². The molecule has 3 N–H and O–H groups in total. The molecular formula is C15H19NO5. The third-order valence-corrected chi connectivity index (χ3v) is 3.52. The summed E-state index contributed by atoms with van der Waals surface area (Å²) < 4.78 is 5.43. The molecule has 2 rings (SSSR count). The van der Waals surface area contributed by atoms with Gasteiger partial charge in [0.25, 0.3) is 0 Å². The molecule has 0 spiro atoms. The number of ether oxygens (including phenoxy) is 1. The van der Waals surface area contributed by atoms with Gasteiger partial charge in [-0.3, -0.25) is 4.79 Å². The molecule has 0 aromatic heterocycles. The molecule has 3 atom stereocenters. The van der Waals surface area contributed by atoms with Crippen LogP contribution in [0.25, 0.3) is 0 Å². The van der Waals surface area contributed by atoms with Crippen molar-refractivity contribution in [3.8, 4) is 5.75 Å². The SMILES string of the molecule is CC1CCC(C(=O)NC(Cc2ccc(O)cc2)C(=O)O)O1. The van der Waals surface area contributed by atoms with Gasteiger partial charge >= 0.3 is 5.97 Å². The summed E-state index contributed by atoms with van der Waals surface area (Å²) in [4.78, 5) is 23.3. The number of carboxylic acids is 1. The molecule has 6 nitrogen and oxygen atoms in total. The minimum Gasteiger partial charge on any atom is -0.508 e. The van der Waals surface area contributed by atoms with Gasteiger partial charge in [-0.2, -0.15) is 0 Å². The van der Waals surface area contributed by atoms with Crippen LogP contribution in [-0.4, -0.2) is 40.3 Å². The number of rotatable bonds is 5. The molecule has 1 aliphatic rings. The van der Waals surface area contributed by atoms with E-state index in [0.29, 0.717) is 6.42 Å². The van der Waals surface area contributed by atoms with Gasteiger partial charge in [0.1, 0.15) is 17.9 Å². The van der Waals surface area contributed by atoms with Crippen molar-refractivity contribution in [1.82, 2.24) is 5.32 Å². The molecule has 114 valence electrons. The molecule has 1 amide bonds. The van der Waals surface area contributed by atoms with E-state index in [2.05, 4.69) is 5.32 Å². The Morgan fingerprint density at radius 2 is 2.00 bits per heavy atom. The minimum absolute atomic E-state index is 0.0288. The first-order chi connectivity index (χ1) is 9.95. The number of benzene rings is 1. The zero-order chi connectivity index (χ0) is 15.4. The van der Waals surface area contributed by atoms with Crippen LogP contribution < -0.4 is 5.32 Å². The average Bonchev–Trinajstić information content (AvgIpc) is 2.87. The van der Waals surface area contributed by atoms with Crippen LogP contribution in [0, 0.1) is 0 Å². The predicted octanol–water partition coefficient (Wildman–Crippen LogP) is 1.07. The van der Waals surface area contributed by atoms with E-state index in [-0.39, 0.29) is 24.2 Å². The smallest absolute Gasteiger partial charge is 0.326 e. The third-order valence-electron chi connectivity index (χ3n) is 3.52. The molecule has 1 aliphatic heterocycles. The topological polar surface area (TPSA) is 95.9 Å². The second-order valence-corrected chi connectivity index (χ2v) is 5.28. The average molecular weight is 293 g/mol. The molecular weight excluding hydrogens is 274 g/mol. The van der Waals surface area contributed by atoms with Crippen molar-refractivity contribution in [2.24, 2.45) is 0 Å². The number of aromatic hydroxyl groups is 1. The van der Waals surface area contributed by atoms with Crippen LogP contribution in [0.1, 0.15) is 25.3 Å². The van der Waals surface area contributed by atoms with Crippen LogP contribution in [0.15, 0.2) is 24.3 Å². The first-order valence-corrected chi connectivity index (χ1v) is 6.92. The summed E-state index contributed by atoms with van der Waals surface area (Å²) in [5, 5.41) is 21.0. The maximum absolute atomic E-state index is 12.0. The van der Waals surface area contributed by atoms with E-state index in [1.54, 1.807) is 12.1 Å². The second kappa shape index (κ2) is 6.58. The number of aliphatic carboxylic acids is 1. The predicted molar refractivity (Wildman–Crippen MR) is 74.9 cm³/mol. The normalized spacial score (nSPS) is 22.7. The molecule has 3 unspecified atom stereocenters. The molecule has 1 aromatic rings. The van der Waals surface area contributed by atoms with E-state index < -0.39 is 18.1 Å². The highest BCUT2D eigenvalue weighted by molar-refractivity contribution is 5.86. The highest BCUT2D eigenvalue weighted by Crippen LogP contribution is 2.19. The fraction of sp³-hybridized carbons (Fsp3) is 0.467. The largest absolute Gasteiger partial charge is 0.508 e. The monoisotopic (exact) mass is 293 g/mol. The number of hydrogen-bond acceptors (Lipinski definition) is 4. The summed E-state index contributed by atoms with van der Waals surface area (Å²) in [5.41, 5.74) is 0.723. The van der Waals surface area contributed by atoms with Gasteiger partial charge in [0, 0.05) is 6.42 Å². The van der Waals surface area contributed by atoms with E-state index in [0.717, 1.165) is 12.0 Å². The summed E-state index contributed by atoms with van der Waals surface area (Å²) in [7, 11) is 0. The molecule has 0 aliphatic carbocycles. The molecule has 1 heterocycles. The Labute approximate surface area is 122 Å². The first-order valence-electron chi connectivity index (χ1n) is 6.92. The fourth-order valence-electron chi connectivity index (χ4n) is 2.33. The van der Waals surface area contributed by atoms with Crippen LogP contribution in [0.2, 0.25) is 0 Å². The van der Waals surface area contributed by atoms with Gasteiger partial charge in [-0.15, -0.1) is 0 Å². The van der Waals surface area contributed by atoms with Crippen molar-refractivity contribution in [3.63, 3.8) is 0 Å². The summed E-state index contributed by atoms with van der Waals surface area (Å²) in [6.07, 6.45) is 1.03. The molecule has 1 aromatic carbocycles. The number of nitrogens with one attached hydrogen (secondary N) is 1. The van der Waals surface area contributed by atoms with Crippen molar-refractivity contribution >= 4 is 11.9 Å². The highest BCUT2D eigenvalue weighted by Gasteiger charge is 2.31. The molecule has 1 saturated heterocycles. The Hall–Kier alpha value is -2.08. The second-order valence-electron chi connectivity index (χ2n) is 5.28. The van der Waals surface area contributed by atoms with Crippen molar-refractivity contribution in [2.75, 3.05) is 0 Å². The van der Waals surface area contributed by atoms with E-state index in [1.165, 1.54) is 12.1 Å². The molecule has 21 heavy (non-hydrogen) atoms. The van der Waals surface area contributed by atoms with Crippen LogP contribution in [0.5, 0.6) is 5.75 Å². The van der Waals surface area contributed by atoms with Crippen molar-refractivity contribution < 1.29 is 24.5 Å². The Bertz CT molecular complexity index is 513. The number of hydrogen-bond donors (Lipinski definition) is 3. The number of phenols is 1. The Morgan fingerprint density at radius 1 is 1.33 bits per heavy atom. The summed E-state index contributed by atoms with van der Waals surface area (Å²) >= 11 is 0. The van der Waals surface area contributed by atoms with Crippen molar-refractivity contribution in [2.45, 2.75) is 44.4 Å². The molecule has 1 fully saturated rings. The minimum atomic E-state index is -1.09. The number of carbonyl (C=O) groups is 2. The molecule has 0 saturated carbocycles. The van der Waals surface area contributed by atoms with Gasteiger partial charge < -0.3 is 20.3 Å². The van der Waals surface area contributed by atoms with E-state index in [9.17, 15) is 19.8 Å². The summed E-state index contributed by atoms with van der Waals surface area (Å²) in [6, 6.07) is 5.22. The number of carbonyl (C=O) groups excluding carboxylic acids is 1. The number of amides is 1. The zero-order valence-electron chi connectivity index (χ0n) is 11.8. The maximum atomic E-state index is 12.0. The van der Waals surface area contributed by atoms with Crippen molar-refractivity contribution in [3.05, 3.63) is 29.8 Å². The lowest BCUT2D eigenvalue weighted by Gasteiger charge is -2.17. The van der Waals surface area contributed by atoms with Gasteiger partial charge in [-0.1, -0.05) is 12.1 Å². The van der Waals surface area contributed by atoms with Gasteiger partial charge in [0.15, 0.2) is 0 Å². The Balaban J connectivity index is 1.97. The van der Waals surface area contributed by atoms with Gasteiger partial charge in [-0.05, 0) is 37.5 Å². The molecule has 0 radical (unpaired) electrons. The maximum Gasteiger partial charge on any atom is 0.326 e. The zero-order valence-corrected chi connectivity index (χ0v) is 11.8. The highest BCUT2D eigenvalue weighted by atomic mass is 16.5. The molecule has 6 heteroatoms. The van der Waals surface area contributed by atoms with Crippen LogP contribution in [-0.2, 0) is 20.7 Å². The van der Waals surface area contributed by atoms with E-state index in [4.69, 9.17) is 4.74 Å². The number of carboxylic acid groups (broad SMARTS) is 1. The van der Waals surface area contributed by atoms with E-state index >= 15 is 0 Å². The molecule has 0 bridgehead atoms. The summed E-state index contributed by atoms with van der Waals surface area (Å²) in [6.45, 7) is 1.89. The Morgan fingerprint density at radius 3 is 2.52 bits per heavy atom. The van der Waals surface area contributed by atoms with Crippen LogP contribution in [0.3, 0.4) is 0 Å². The third kappa shape index (κ3) is 4.19. The number of phenolic OH excluding ortho intramolecular Hbond substituents is 1. The first kappa shape index (κ1) is 15.3. The fourth-order valence-corrected chi connectivity index (χ4v) is 2.33. The van der Waals surface area contributed by atoms with Gasteiger partial charge in [-0.25, -0.2) is 4.79 Å². The van der Waals surface area contributed by atoms with E-state index in [1.807, 2.05) is 6.92 Å². The lowest BCUT2D eigenvalue weighted by Crippen LogP contribution is -2.46. The van der Waals surface area contributed by atoms with Gasteiger partial charge in [0.2, 0.25) is 5.91 Å². The lowest BCUT2D eigenvalue weighted by atomic mass is 10.1. The van der Waals surface area contributed by atoms with Gasteiger partial charge in [0.05, 0.1) is 6.10 Å². The van der Waals surface area contributed by atoms with Crippen LogP contribution >= 0.6 is 0 Å². The quantitative estimate of drug-likeness (QED) is 0.754. The standard InChI is InChI=1S/C15H19NO5/c1-9-2-7-13(21-9)14(18)16-12(15(19)20)8-10-3-5-11(17)6-4-10/h3-6,9,12-13,17H,2,7-8H2,1H3,(H,16,18)(H,19,20).